The van der Waals surface area contributed by atoms with E-state index in [1.165, 1.54) is 0 Å². The number of hydrogen-bond acceptors (Lipinski definition) is 4. The Bertz CT molecular complexity index is 863. The number of hydrogen-bond donors (Lipinski definition) is 3. The van der Waals surface area contributed by atoms with E-state index >= 15 is 0 Å². The monoisotopic (exact) mass is 397 g/mol. The Balaban J connectivity index is 1.97. The number of amides is 3. The van der Waals surface area contributed by atoms with E-state index in [2.05, 4.69) is 16.2 Å². The lowest BCUT2D eigenvalue weighted by atomic mass is 10.0. The topological polar surface area (TPSA) is 96.5 Å². The summed E-state index contributed by atoms with van der Waals surface area (Å²) in [6, 6.07) is 12.9. The highest BCUT2D eigenvalue weighted by Crippen LogP contribution is 2.12. The predicted octanol–water partition coefficient (Wildman–Crippen LogP) is 2.61. The molecule has 0 heterocycles. The first kappa shape index (κ1) is 21.9. The summed E-state index contributed by atoms with van der Waals surface area (Å²) in [5, 5.41) is 2.74. The van der Waals surface area contributed by atoms with Crippen molar-refractivity contribution in [3.8, 4) is 5.75 Å². The van der Waals surface area contributed by atoms with Crippen LogP contribution in [0.15, 0.2) is 48.5 Å². The molecule has 0 bridgehead atoms. The smallest absolute Gasteiger partial charge is 0.269 e. The SMILES string of the molecule is CCOc1ccc(C(=O)NNC(=O)[C@@H](NC(=O)c2ccccc2C)C(C)C)cc1. The van der Waals surface area contributed by atoms with Crippen LogP contribution in [0.1, 0.15) is 47.1 Å². The highest BCUT2D eigenvalue weighted by atomic mass is 16.5. The normalized spacial score (nSPS) is 11.5. The van der Waals surface area contributed by atoms with E-state index in [9.17, 15) is 14.4 Å². The molecule has 29 heavy (non-hydrogen) atoms. The van der Waals surface area contributed by atoms with Crippen LogP contribution < -0.4 is 20.9 Å². The van der Waals surface area contributed by atoms with Gasteiger partial charge in [-0.25, -0.2) is 0 Å². The number of carbonyl (C=O) groups excluding carboxylic acids is 3. The fourth-order valence-electron chi connectivity index (χ4n) is 2.72. The minimum Gasteiger partial charge on any atom is -0.494 e. The van der Waals surface area contributed by atoms with E-state index in [4.69, 9.17) is 4.74 Å². The molecule has 3 N–H and O–H groups in total. The Hall–Kier alpha value is -3.35. The summed E-state index contributed by atoms with van der Waals surface area (Å²) < 4.78 is 5.34. The highest BCUT2D eigenvalue weighted by molar-refractivity contribution is 5.99. The molecule has 0 fully saturated rings. The van der Waals surface area contributed by atoms with Gasteiger partial charge < -0.3 is 10.1 Å². The molecule has 0 aliphatic heterocycles. The fourth-order valence-corrected chi connectivity index (χ4v) is 2.72. The zero-order valence-corrected chi connectivity index (χ0v) is 17.1. The van der Waals surface area contributed by atoms with Crippen molar-refractivity contribution in [3.63, 3.8) is 0 Å². The van der Waals surface area contributed by atoms with E-state index in [0.29, 0.717) is 23.5 Å². The molecule has 2 rings (SSSR count). The van der Waals surface area contributed by atoms with E-state index in [-0.39, 0.29) is 11.8 Å². The van der Waals surface area contributed by atoms with E-state index < -0.39 is 17.9 Å². The number of benzene rings is 2. The van der Waals surface area contributed by atoms with Gasteiger partial charge in [0.05, 0.1) is 6.61 Å². The average Bonchev–Trinajstić information content (AvgIpc) is 2.70. The van der Waals surface area contributed by atoms with Gasteiger partial charge in [-0.2, -0.15) is 0 Å². The van der Waals surface area contributed by atoms with Gasteiger partial charge in [-0.05, 0) is 55.7 Å². The van der Waals surface area contributed by atoms with Gasteiger partial charge >= 0.3 is 0 Å². The van der Waals surface area contributed by atoms with Gasteiger partial charge in [0.2, 0.25) is 0 Å². The number of hydrazine groups is 1. The molecule has 0 unspecified atom stereocenters. The zero-order chi connectivity index (χ0) is 21.4. The molecule has 0 aliphatic rings. The third kappa shape index (κ3) is 6.07. The second kappa shape index (κ2) is 10.3. The van der Waals surface area contributed by atoms with Crippen molar-refractivity contribution in [1.29, 1.82) is 0 Å². The van der Waals surface area contributed by atoms with Crippen LogP contribution >= 0.6 is 0 Å². The van der Waals surface area contributed by atoms with Gasteiger partial charge in [0.1, 0.15) is 11.8 Å². The van der Waals surface area contributed by atoms with Crippen molar-refractivity contribution in [3.05, 3.63) is 65.2 Å². The van der Waals surface area contributed by atoms with Crippen LogP contribution in [0.5, 0.6) is 5.75 Å². The van der Waals surface area contributed by atoms with Crippen LogP contribution in [-0.2, 0) is 4.79 Å². The summed E-state index contributed by atoms with van der Waals surface area (Å²) >= 11 is 0. The molecule has 2 aromatic carbocycles. The maximum absolute atomic E-state index is 12.6. The largest absolute Gasteiger partial charge is 0.494 e. The number of aryl methyl sites for hydroxylation is 1. The summed E-state index contributed by atoms with van der Waals surface area (Å²) in [4.78, 5) is 37.3. The number of nitrogens with one attached hydrogen (secondary N) is 3. The summed E-state index contributed by atoms with van der Waals surface area (Å²) in [5.41, 5.74) is 6.46. The number of ether oxygens (including phenoxy) is 1. The maximum Gasteiger partial charge on any atom is 0.269 e. The summed E-state index contributed by atoms with van der Waals surface area (Å²) in [7, 11) is 0. The van der Waals surface area contributed by atoms with Gasteiger partial charge in [-0.1, -0.05) is 32.0 Å². The molecule has 7 heteroatoms. The minimum atomic E-state index is -0.803. The van der Waals surface area contributed by atoms with Crippen LogP contribution in [0.4, 0.5) is 0 Å². The predicted molar refractivity (Wildman–Crippen MR) is 110 cm³/mol. The molecule has 0 saturated heterocycles. The van der Waals surface area contributed by atoms with Crippen molar-refractivity contribution >= 4 is 17.7 Å². The van der Waals surface area contributed by atoms with Crippen molar-refractivity contribution in [2.45, 2.75) is 33.7 Å². The van der Waals surface area contributed by atoms with Gasteiger partial charge in [0.15, 0.2) is 0 Å². The Morgan fingerprint density at radius 3 is 2.17 bits per heavy atom. The number of carbonyl (C=O) groups is 3. The lowest BCUT2D eigenvalue weighted by Gasteiger charge is -2.22. The molecule has 3 amide bonds. The molecule has 0 aliphatic carbocycles. The van der Waals surface area contributed by atoms with Crippen LogP contribution in [0.3, 0.4) is 0 Å². The van der Waals surface area contributed by atoms with E-state index in [1.54, 1.807) is 36.4 Å². The molecule has 1 atom stereocenters. The van der Waals surface area contributed by atoms with Gasteiger partial charge in [-0.3, -0.25) is 25.2 Å². The molecule has 0 spiro atoms. The van der Waals surface area contributed by atoms with E-state index in [1.807, 2.05) is 39.8 Å². The Kier molecular flexibility index (Phi) is 7.77. The van der Waals surface area contributed by atoms with Gasteiger partial charge in [-0.15, -0.1) is 0 Å². The van der Waals surface area contributed by atoms with E-state index in [0.717, 1.165) is 5.56 Å². The summed E-state index contributed by atoms with van der Waals surface area (Å²) in [6.45, 7) is 7.87. The first-order valence-electron chi connectivity index (χ1n) is 9.53. The third-order valence-electron chi connectivity index (χ3n) is 4.35. The summed E-state index contributed by atoms with van der Waals surface area (Å²) in [5.74, 6) is -0.817. The summed E-state index contributed by atoms with van der Waals surface area (Å²) in [6.07, 6.45) is 0. The van der Waals surface area contributed by atoms with Crippen LogP contribution in [-0.4, -0.2) is 30.4 Å². The van der Waals surface area contributed by atoms with Crippen molar-refractivity contribution in [1.82, 2.24) is 16.2 Å². The quantitative estimate of drug-likeness (QED) is 0.626. The zero-order valence-electron chi connectivity index (χ0n) is 17.1. The molecule has 0 saturated carbocycles. The second-order valence-electron chi connectivity index (χ2n) is 6.91. The third-order valence-corrected chi connectivity index (χ3v) is 4.35. The van der Waals surface area contributed by atoms with Crippen LogP contribution in [0, 0.1) is 12.8 Å². The van der Waals surface area contributed by atoms with Crippen molar-refractivity contribution in [2.24, 2.45) is 5.92 Å². The first-order valence-corrected chi connectivity index (χ1v) is 9.53. The standard InChI is InChI=1S/C22H27N3O4/c1-5-29-17-12-10-16(11-13-17)20(26)24-25-22(28)19(14(2)3)23-21(27)18-9-7-6-8-15(18)4/h6-14,19H,5H2,1-4H3,(H,23,27)(H,24,26)(H,25,28)/t19-/m0/s1. The Morgan fingerprint density at radius 1 is 0.931 bits per heavy atom. The van der Waals surface area contributed by atoms with Crippen molar-refractivity contribution in [2.75, 3.05) is 6.61 Å². The maximum atomic E-state index is 12.6. The van der Waals surface area contributed by atoms with Gasteiger partial charge in [0.25, 0.3) is 17.7 Å². The molecule has 0 aromatic heterocycles. The fraction of sp³-hybridized carbons (Fsp3) is 0.318. The Morgan fingerprint density at radius 2 is 1.59 bits per heavy atom. The molecule has 154 valence electrons. The highest BCUT2D eigenvalue weighted by Gasteiger charge is 2.25. The Labute approximate surface area is 170 Å². The second-order valence-corrected chi connectivity index (χ2v) is 6.91. The molecule has 0 radical (unpaired) electrons. The molecule has 2 aromatic rings. The first-order chi connectivity index (χ1) is 13.8. The van der Waals surface area contributed by atoms with Crippen LogP contribution in [0.2, 0.25) is 0 Å². The van der Waals surface area contributed by atoms with Crippen molar-refractivity contribution < 1.29 is 19.1 Å². The lowest BCUT2D eigenvalue weighted by Crippen LogP contribution is -2.54. The molecule has 7 nitrogen and oxygen atoms in total. The minimum absolute atomic E-state index is 0.176. The van der Waals surface area contributed by atoms with Crippen LogP contribution in [0.25, 0.3) is 0 Å². The number of rotatable bonds is 7. The van der Waals surface area contributed by atoms with Gasteiger partial charge in [0, 0.05) is 11.1 Å². The molecular formula is C22H27N3O4. The average molecular weight is 397 g/mol. The lowest BCUT2D eigenvalue weighted by molar-refractivity contribution is -0.124. The molecular weight excluding hydrogens is 370 g/mol.